The summed E-state index contributed by atoms with van der Waals surface area (Å²) in [6, 6.07) is 0. The van der Waals surface area contributed by atoms with Gasteiger partial charge in [0.25, 0.3) is 0 Å². The summed E-state index contributed by atoms with van der Waals surface area (Å²) < 4.78 is 0. The van der Waals surface area contributed by atoms with Crippen LogP contribution in [0.15, 0.2) is 0 Å². The Morgan fingerprint density at radius 3 is 0.909 bits per heavy atom. The van der Waals surface area contributed by atoms with Gasteiger partial charge in [0.15, 0.2) is 0 Å². The monoisotopic (exact) mass is 314 g/mol. The van der Waals surface area contributed by atoms with Gasteiger partial charge in [0.1, 0.15) is 0 Å². The van der Waals surface area contributed by atoms with E-state index in [9.17, 15) is 0 Å². The maximum absolute atomic E-state index is 2.34. The highest BCUT2D eigenvalue weighted by Crippen LogP contribution is 2.23. The van der Waals surface area contributed by atoms with Gasteiger partial charge in [-0.05, 0) is 47.8 Å². The van der Waals surface area contributed by atoms with Gasteiger partial charge in [0.2, 0.25) is 0 Å². The summed E-state index contributed by atoms with van der Waals surface area (Å²) in [4.78, 5) is 0. The highest BCUT2D eigenvalue weighted by atomic mass is 14.2. The molecule has 0 aliphatic rings. The highest BCUT2D eigenvalue weighted by molar-refractivity contribution is 4.63. The molecule has 0 aromatic rings. The van der Waals surface area contributed by atoms with Gasteiger partial charge < -0.3 is 0 Å². The Balaban J connectivity index is -0.000000266. The van der Waals surface area contributed by atoms with E-state index in [1.165, 1.54) is 12.8 Å². The van der Waals surface area contributed by atoms with Crippen molar-refractivity contribution in [3.63, 3.8) is 0 Å². The van der Waals surface area contributed by atoms with Crippen LogP contribution in [-0.2, 0) is 0 Å². The number of hydrogen-bond acceptors (Lipinski definition) is 0. The van der Waals surface area contributed by atoms with Gasteiger partial charge in [-0.1, -0.05) is 96.4 Å². The maximum atomic E-state index is 2.34. The molecule has 0 heteroatoms. The lowest BCUT2D eigenvalue weighted by molar-refractivity contribution is 0.279. The lowest BCUT2D eigenvalue weighted by Crippen LogP contribution is -2.13. The van der Waals surface area contributed by atoms with Crippen LogP contribution in [0.25, 0.3) is 0 Å². The molecule has 1 atom stereocenters. The Hall–Kier alpha value is 0. The van der Waals surface area contributed by atoms with Crippen LogP contribution in [0, 0.1) is 41.4 Å². The molecule has 0 bridgehead atoms. The van der Waals surface area contributed by atoms with Crippen LogP contribution in [0.2, 0.25) is 0 Å². The van der Waals surface area contributed by atoms with Gasteiger partial charge in [-0.3, -0.25) is 0 Å². The SMILES string of the molecule is CC(C)C.CC(C)CC(C)C(C)C.CCC(C(C)C)C(C)C. The van der Waals surface area contributed by atoms with Crippen molar-refractivity contribution in [2.45, 2.75) is 103 Å². The zero-order valence-corrected chi connectivity index (χ0v) is 18.5. The largest absolute Gasteiger partial charge is 0.0651 e. The van der Waals surface area contributed by atoms with Crippen molar-refractivity contribution in [2.75, 3.05) is 0 Å². The molecule has 0 spiro atoms. The summed E-state index contributed by atoms with van der Waals surface area (Å²) in [5, 5.41) is 0. The minimum absolute atomic E-state index is 0.833. The normalized spacial score (nSPS) is 12.7. The Morgan fingerprint density at radius 1 is 0.545 bits per heavy atom. The first-order valence-electron chi connectivity index (χ1n) is 9.86. The fourth-order valence-corrected chi connectivity index (χ4v) is 2.73. The van der Waals surface area contributed by atoms with E-state index in [0.717, 1.165) is 41.4 Å². The molecular weight excluding hydrogens is 264 g/mol. The second-order valence-electron chi connectivity index (χ2n) is 9.14. The average Bonchev–Trinajstić information content (AvgIpc) is 2.27. The third kappa shape index (κ3) is 22.3. The Morgan fingerprint density at radius 2 is 0.864 bits per heavy atom. The van der Waals surface area contributed by atoms with Gasteiger partial charge in [-0.2, -0.15) is 0 Å². The smallest absolute Gasteiger partial charge is 0.0371 e. The quantitative estimate of drug-likeness (QED) is 0.462. The zero-order chi connectivity index (χ0) is 18.5. The molecule has 0 nitrogen and oxygen atoms in total. The van der Waals surface area contributed by atoms with Crippen molar-refractivity contribution in [1.82, 2.24) is 0 Å². The molecule has 0 rings (SSSR count). The van der Waals surface area contributed by atoms with Crippen LogP contribution in [0.1, 0.15) is 103 Å². The van der Waals surface area contributed by atoms with E-state index in [-0.39, 0.29) is 0 Å². The summed E-state index contributed by atoms with van der Waals surface area (Å²) in [6.07, 6.45) is 2.70. The first-order valence-corrected chi connectivity index (χ1v) is 9.86. The molecular formula is C22H50. The first-order chi connectivity index (χ1) is 9.86. The lowest BCUT2D eigenvalue weighted by atomic mass is 9.84. The minimum Gasteiger partial charge on any atom is -0.0651 e. The van der Waals surface area contributed by atoms with Crippen LogP contribution < -0.4 is 0 Å². The standard InChI is InChI=1S/2C9H20.C4H10/c1-7(2)6-9(5)8(3)4;1-6-9(7(2)3)8(4)5;1-4(2)3/h2*7-9H,6H2,1-5H3;4H,1-3H3. The molecule has 0 N–H and O–H groups in total. The molecule has 0 aromatic heterocycles. The van der Waals surface area contributed by atoms with Gasteiger partial charge in [-0.25, -0.2) is 0 Å². The summed E-state index contributed by atoms with van der Waals surface area (Å²) in [6.45, 7) is 29.6. The second-order valence-corrected chi connectivity index (χ2v) is 9.14. The van der Waals surface area contributed by atoms with Crippen LogP contribution in [0.3, 0.4) is 0 Å². The second kappa shape index (κ2) is 15.9. The van der Waals surface area contributed by atoms with E-state index in [2.05, 4.69) is 90.0 Å². The Labute approximate surface area is 144 Å². The topological polar surface area (TPSA) is 0 Å². The number of hydrogen-bond donors (Lipinski definition) is 0. The Bertz CT molecular complexity index is 187. The molecule has 138 valence electrons. The molecule has 0 fully saturated rings. The fourth-order valence-electron chi connectivity index (χ4n) is 2.73. The van der Waals surface area contributed by atoms with Crippen molar-refractivity contribution in [1.29, 1.82) is 0 Å². The van der Waals surface area contributed by atoms with Crippen LogP contribution >= 0.6 is 0 Å². The number of rotatable bonds is 6. The molecule has 22 heavy (non-hydrogen) atoms. The first kappa shape index (κ1) is 26.9. The van der Waals surface area contributed by atoms with E-state index in [4.69, 9.17) is 0 Å². The van der Waals surface area contributed by atoms with Gasteiger partial charge in [-0.15, -0.1) is 0 Å². The van der Waals surface area contributed by atoms with E-state index in [0.29, 0.717) is 0 Å². The van der Waals surface area contributed by atoms with E-state index >= 15 is 0 Å². The summed E-state index contributed by atoms with van der Waals surface area (Å²) in [5.41, 5.74) is 0. The zero-order valence-electron chi connectivity index (χ0n) is 18.5. The van der Waals surface area contributed by atoms with Crippen molar-refractivity contribution in [3.8, 4) is 0 Å². The molecule has 0 amide bonds. The van der Waals surface area contributed by atoms with E-state index < -0.39 is 0 Å². The van der Waals surface area contributed by atoms with Gasteiger partial charge >= 0.3 is 0 Å². The maximum Gasteiger partial charge on any atom is -0.0371 e. The average molecular weight is 315 g/mol. The minimum atomic E-state index is 0.833. The third-order valence-electron chi connectivity index (χ3n) is 4.17. The lowest BCUT2D eigenvalue weighted by Gasteiger charge is -2.22. The van der Waals surface area contributed by atoms with E-state index in [1.807, 2.05) is 0 Å². The molecule has 0 aromatic carbocycles. The summed E-state index contributed by atoms with van der Waals surface area (Å²) >= 11 is 0. The Kier molecular flexibility index (Phi) is 19.4. The van der Waals surface area contributed by atoms with Gasteiger partial charge in [0, 0.05) is 0 Å². The van der Waals surface area contributed by atoms with Crippen LogP contribution in [-0.4, -0.2) is 0 Å². The van der Waals surface area contributed by atoms with E-state index in [1.54, 1.807) is 0 Å². The highest BCUT2D eigenvalue weighted by Gasteiger charge is 2.13. The van der Waals surface area contributed by atoms with Crippen LogP contribution in [0.5, 0.6) is 0 Å². The molecule has 0 aliphatic heterocycles. The van der Waals surface area contributed by atoms with Gasteiger partial charge in [0.05, 0.1) is 0 Å². The summed E-state index contributed by atoms with van der Waals surface area (Å²) in [5.74, 6) is 6.08. The summed E-state index contributed by atoms with van der Waals surface area (Å²) in [7, 11) is 0. The molecule has 0 aliphatic carbocycles. The molecule has 1 unspecified atom stereocenters. The fraction of sp³-hybridized carbons (Fsp3) is 1.00. The van der Waals surface area contributed by atoms with Crippen LogP contribution in [0.4, 0.5) is 0 Å². The molecule has 0 saturated carbocycles. The van der Waals surface area contributed by atoms with Crippen molar-refractivity contribution < 1.29 is 0 Å². The predicted molar refractivity (Wildman–Crippen MR) is 107 cm³/mol. The molecule has 0 radical (unpaired) electrons. The molecule has 0 heterocycles. The van der Waals surface area contributed by atoms with Crippen molar-refractivity contribution >= 4 is 0 Å². The predicted octanol–water partition coefficient (Wildman–Crippen LogP) is 8.31. The molecule has 0 saturated heterocycles. The third-order valence-corrected chi connectivity index (χ3v) is 4.17. The van der Waals surface area contributed by atoms with Crippen molar-refractivity contribution in [2.24, 2.45) is 41.4 Å². The van der Waals surface area contributed by atoms with Crippen molar-refractivity contribution in [3.05, 3.63) is 0 Å².